The summed E-state index contributed by atoms with van der Waals surface area (Å²) in [4.78, 5) is 12.7. The Morgan fingerprint density at radius 1 is 1.22 bits per heavy atom. The highest BCUT2D eigenvalue weighted by atomic mass is 15.1. The van der Waals surface area contributed by atoms with Crippen LogP contribution >= 0.6 is 0 Å². The molecule has 0 aromatic carbocycles. The van der Waals surface area contributed by atoms with Crippen molar-refractivity contribution in [2.24, 2.45) is 5.73 Å². The summed E-state index contributed by atoms with van der Waals surface area (Å²) in [6.07, 6.45) is 9.48. The van der Waals surface area contributed by atoms with Gasteiger partial charge in [0.2, 0.25) is 5.95 Å². The molecule has 0 atom stereocenters. The van der Waals surface area contributed by atoms with Crippen LogP contribution in [-0.4, -0.2) is 33.1 Å². The van der Waals surface area contributed by atoms with E-state index in [-0.39, 0.29) is 0 Å². The highest BCUT2D eigenvalue weighted by Crippen LogP contribution is 2.15. The normalized spacial score (nSPS) is 10.6. The van der Waals surface area contributed by atoms with Crippen molar-refractivity contribution in [3.05, 3.63) is 24.9 Å². The van der Waals surface area contributed by atoms with Crippen LogP contribution in [0.2, 0.25) is 0 Å². The zero-order valence-corrected chi connectivity index (χ0v) is 10.5. The molecule has 0 bridgehead atoms. The molecule has 0 spiro atoms. The Hall–Kier alpha value is -1.95. The van der Waals surface area contributed by atoms with Crippen LogP contribution < -0.4 is 11.1 Å². The summed E-state index contributed by atoms with van der Waals surface area (Å²) < 4.78 is 2.07. The number of hydrogen-bond acceptors (Lipinski definition) is 5. The lowest BCUT2D eigenvalue weighted by molar-refractivity contribution is 0.614. The predicted molar refractivity (Wildman–Crippen MR) is 71.1 cm³/mol. The lowest BCUT2D eigenvalue weighted by Crippen LogP contribution is -2.01. The second-order valence-electron chi connectivity index (χ2n) is 4.04. The van der Waals surface area contributed by atoms with Crippen LogP contribution in [0.3, 0.4) is 0 Å². The summed E-state index contributed by atoms with van der Waals surface area (Å²) in [5.41, 5.74) is 7.29. The molecule has 0 amide bonds. The smallest absolute Gasteiger partial charge is 0.222 e. The first-order valence-corrected chi connectivity index (χ1v) is 6.05. The molecule has 96 valence electrons. The first-order chi connectivity index (χ1) is 8.83. The van der Waals surface area contributed by atoms with Crippen LogP contribution in [0, 0.1) is 0 Å². The molecule has 0 aliphatic rings. The van der Waals surface area contributed by atoms with E-state index in [0.29, 0.717) is 5.95 Å². The highest BCUT2D eigenvalue weighted by Gasteiger charge is 2.03. The SMILES string of the molecule is CNc1ncc(-c2cn(CCCCN)cn2)cn1. The summed E-state index contributed by atoms with van der Waals surface area (Å²) in [5, 5.41) is 2.89. The minimum absolute atomic E-state index is 0.612. The average Bonchev–Trinajstić information content (AvgIpc) is 2.88. The minimum Gasteiger partial charge on any atom is -0.357 e. The zero-order valence-electron chi connectivity index (χ0n) is 10.5. The second-order valence-corrected chi connectivity index (χ2v) is 4.04. The lowest BCUT2D eigenvalue weighted by Gasteiger charge is -2.00. The van der Waals surface area contributed by atoms with Crippen LogP contribution in [0.15, 0.2) is 24.9 Å². The van der Waals surface area contributed by atoms with Crippen molar-refractivity contribution in [3.63, 3.8) is 0 Å². The van der Waals surface area contributed by atoms with E-state index in [1.807, 2.05) is 12.5 Å². The van der Waals surface area contributed by atoms with E-state index in [9.17, 15) is 0 Å². The largest absolute Gasteiger partial charge is 0.357 e. The van der Waals surface area contributed by atoms with Gasteiger partial charge in [0, 0.05) is 37.7 Å². The number of aromatic nitrogens is 4. The van der Waals surface area contributed by atoms with Gasteiger partial charge in [-0.2, -0.15) is 0 Å². The van der Waals surface area contributed by atoms with Crippen LogP contribution in [0.25, 0.3) is 11.3 Å². The van der Waals surface area contributed by atoms with E-state index in [2.05, 4.69) is 24.8 Å². The molecule has 3 N–H and O–H groups in total. The van der Waals surface area contributed by atoms with Gasteiger partial charge < -0.3 is 15.6 Å². The Kier molecular flexibility index (Phi) is 4.25. The molecule has 0 fully saturated rings. The monoisotopic (exact) mass is 246 g/mol. The molecule has 2 heterocycles. The maximum atomic E-state index is 5.47. The summed E-state index contributed by atoms with van der Waals surface area (Å²) in [6.45, 7) is 1.68. The molecule has 6 heteroatoms. The molecule has 0 aliphatic heterocycles. The average molecular weight is 246 g/mol. The molecular formula is C12H18N6. The van der Waals surface area contributed by atoms with E-state index in [1.54, 1.807) is 19.4 Å². The van der Waals surface area contributed by atoms with Crippen molar-refractivity contribution >= 4 is 5.95 Å². The molecule has 0 aliphatic carbocycles. The van der Waals surface area contributed by atoms with E-state index >= 15 is 0 Å². The van der Waals surface area contributed by atoms with Crippen LogP contribution in [-0.2, 0) is 6.54 Å². The standard InChI is InChI=1S/C12H18N6/c1-14-12-15-6-10(7-16-12)11-8-18(9-17-11)5-3-2-4-13/h6-9H,2-5,13H2,1H3,(H,14,15,16). The van der Waals surface area contributed by atoms with Gasteiger partial charge in [-0.1, -0.05) is 0 Å². The fourth-order valence-electron chi connectivity index (χ4n) is 1.66. The minimum atomic E-state index is 0.612. The fourth-order valence-corrected chi connectivity index (χ4v) is 1.66. The number of anilines is 1. The van der Waals surface area contributed by atoms with Crippen LogP contribution in [0.4, 0.5) is 5.95 Å². The number of hydrogen-bond donors (Lipinski definition) is 2. The van der Waals surface area contributed by atoms with Gasteiger partial charge in [0.1, 0.15) is 0 Å². The second kappa shape index (κ2) is 6.11. The fraction of sp³-hybridized carbons (Fsp3) is 0.417. The molecule has 2 aromatic rings. The van der Waals surface area contributed by atoms with Crippen LogP contribution in [0.5, 0.6) is 0 Å². The van der Waals surface area contributed by atoms with E-state index in [1.165, 1.54) is 0 Å². The zero-order chi connectivity index (χ0) is 12.8. The van der Waals surface area contributed by atoms with Gasteiger partial charge in [-0.3, -0.25) is 0 Å². The van der Waals surface area contributed by atoms with Crippen molar-refractivity contribution in [2.75, 3.05) is 18.9 Å². The third-order valence-electron chi connectivity index (χ3n) is 2.67. The van der Waals surface area contributed by atoms with Gasteiger partial charge in [0.25, 0.3) is 0 Å². The van der Waals surface area contributed by atoms with Gasteiger partial charge in [-0.05, 0) is 19.4 Å². The molecule has 2 rings (SSSR count). The molecule has 6 nitrogen and oxygen atoms in total. The quantitative estimate of drug-likeness (QED) is 0.746. The molecule has 2 aromatic heterocycles. The van der Waals surface area contributed by atoms with E-state index < -0.39 is 0 Å². The molecular weight excluding hydrogens is 228 g/mol. The Morgan fingerprint density at radius 2 is 2.00 bits per heavy atom. The Bertz CT molecular complexity index is 476. The number of unbranched alkanes of at least 4 members (excludes halogenated alkanes) is 1. The third kappa shape index (κ3) is 3.04. The van der Waals surface area contributed by atoms with Crippen molar-refractivity contribution in [1.29, 1.82) is 0 Å². The number of nitrogens with two attached hydrogens (primary N) is 1. The Balaban J connectivity index is 2.04. The van der Waals surface area contributed by atoms with Gasteiger partial charge in [-0.25, -0.2) is 15.0 Å². The van der Waals surface area contributed by atoms with Gasteiger partial charge >= 0.3 is 0 Å². The molecule has 18 heavy (non-hydrogen) atoms. The lowest BCUT2D eigenvalue weighted by atomic mass is 10.2. The van der Waals surface area contributed by atoms with Crippen molar-refractivity contribution < 1.29 is 0 Å². The summed E-state index contributed by atoms with van der Waals surface area (Å²) >= 11 is 0. The molecule has 0 radical (unpaired) electrons. The predicted octanol–water partition coefficient (Wildman–Crippen LogP) is 1.12. The molecule has 0 saturated carbocycles. The van der Waals surface area contributed by atoms with Crippen molar-refractivity contribution in [2.45, 2.75) is 19.4 Å². The van der Waals surface area contributed by atoms with Gasteiger partial charge in [-0.15, -0.1) is 0 Å². The van der Waals surface area contributed by atoms with Crippen LogP contribution in [0.1, 0.15) is 12.8 Å². The number of rotatable bonds is 6. The Morgan fingerprint density at radius 3 is 2.67 bits per heavy atom. The molecule has 0 saturated heterocycles. The van der Waals surface area contributed by atoms with E-state index in [4.69, 9.17) is 5.73 Å². The van der Waals surface area contributed by atoms with Crippen molar-refractivity contribution in [3.8, 4) is 11.3 Å². The van der Waals surface area contributed by atoms with Gasteiger partial charge in [0.05, 0.1) is 12.0 Å². The third-order valence-corrected chi connectivity index (χ3v) is 2.67. The maximum Gasteiger partial charge on any atom is 0.222 e. The van der Waals surface area contributed by atoms with E-state index in [0.717, 1.165) is 37.2 Å². The van der Waals surface area contributed by atoms with Gasteiger partial charge in [0.15, 0.2) is 0 Å². The summed E-state index contributed by atoms with van der Waals surface area (Å²) in [7, 11) is 1.79. The Labute approximate surface area is 106 Å². The first kappa shape index (κ1) is 12.5. The number of aryl methyl sites for hydroxylation is 1. The highest BCUT2D eigenvalue weighted by molar-refractivity contribution is 5.56. The number of nitrogens with zero attached hydrogens (tertiary/aromatic N) is 4. The first-order valence-electron chi connectivity index (χ1n) is 6.05. The van der Waals surface area contributed by atoms with Crippen molar-refractivity contribution in [1.82, 2.24) is 19.5 Å². The number of imidazole rings is 1. The molecule has 0 unspecified atom stereocenters. The summed E-state index contributed by atoms with van der Waals surface area (Å²) in [6, 6.07) is 0. The topological polar surface area (TPSA) is 81.7 Å². The maximum absolute atomic E-state index is 5.47. The number of nitrogens with one attached hydrogen (secondary N) is 1. The summed E-state index contributed by atoms with van der Waals surface area (Å²) in [5.74, 6) is 0.612.